The van der Waals surface area contributed by atoms with E-state index >= 15 is 0 Å². The van der Waals surface area contributed by atoms with Crippen LogP contribution in [-0.2, 0) is 11.3 Å². The maximum absolute atomic E-state index is 13.0. The Labute approximate surface area is 133 Å². The van der Waals surface area contributed by atoms with E-state index in [-0.39, 0.29) is 5.91 Å². The molecule has 0 unspecified atom stereocenters. The highest BCUT2D eigenvalue weighted by atomic mass is 16.4. The third-order valence-electron chi connectivity index (χ3n) is 4.82. The highest BCUT2D eigenvalue weighted by molar-refractivity contribution is 5.86. The van der Waals surface area contributed by atoms with Gasteiger partial charge in [-0.25, -0.2) is 4.98 Å². The summed E-state index contributed by atoms with van der Waals surface area (Å²) in [5, 5.41) is 3.49. The molecule has 0 radical (unpaired) electrons. The predicted molar refractivity (Wildman–Crippen MR) is 86.6 cm³/mol. The maximum Gasteiger partial charge on any atom is 0.242 e. The Morgan fingerprint density at radius 3 is 2.36 bits per heavy atom. The van der Waals surface area contributed by atoms with Crippen LogP contribution in [0.25, 0.3) is 0 Å². The Hall–Kier alpha value is -1.36. The van der Waals surface area contributed by atoms with E-state index < -0.39 is 5.54 Å². The molecule has 1 saturated carbocycles. The molecule has 1 heterocycles. The lowest BCUT2D eigenvalue weighted by Crippen LogP contribution is -2.58. The summed E-state index contributed by atoms with van der Waals surface area (Å²) < 4.78 is 5.64. The zero-order chi connectivity index (χ0) is 16.2. The van der Waals surface area contributed by atoms with Gasteiger partial charge in [0, 0.05) is 13.1 Å². The number of carbonyl (C=O) groups excluding carboxylic acids is 1. The second kappa shape index (κ2) is 7.27. The van der Waals surface area contributed by atoms with E-state index in [4.69, 9.17) is 4.42 Å². The van der Waals surface area contributed by atoms with Gasteiger partial charge in [-0.05, 0) is 40.5 Å². The van der Waals surface area contributed by atoms with Gasteiger partial charge in [-0.2, -0.15) is 0 Å². The van der Waals surface area contributed by atoms with Gasteiger partial charge in [0.25, 0.3) is 0 Å². The topological polar surface area (TPSA) is 58.4 Å². The molecular formula is C17H29N3O2. The van der Waals surface area contributed by atoms with E-state index in [1.807, 2.05) is 32.6 Å². The third kappa shape index (κ3) is 3.51. The molecule has 0 atom stereocenters. The summed E-state index contributed by atoms with van der Waals surface area (Å²) in [7, 11) is 0. The number of hydrogen-bond donors (Lipinski definition) is 1. The van der Waals surface area contributed by atoms with Crippen molar-refractivity contribution in [1.29, 1.82) is 0 Å². The summed E-state index contributed by atoms with van der Waals surface area (Å²) in [5.41, 5.74) is 0.477. The molecule has 0 saturated heterocycles. The van der Waals surface area contributed by atoms with E-state index in [1.54, 1.807) is 0 Å². The number of carbonyl (C=O) groups is 1. The lowest BCUT2D eigenvalue weighted by Gasteiger charge is -2.40. The van der Waals surface area contributed by atoms with Crippen LogP contribution in [0.2, 0.25) is 0 Å². The molecule has 1 aliphatic carbocycles. The zero-order valence-electron chi connectivity index (χ0n) is 14.4. The first-order valence-electron chi connectivity index (χ1n) is 8.49. The van der Waals surface area contributed by atoms with Crippen LogP contribution in [-0.4, -0.2) is 34.4 Å². The van der Waals surface area contributed by atoms with Gasteiger partial charge in [-0.15, -0.1) is 0 Å². The van der Waals surface area contributed by atoms with Crippen molar-refractivity contribution in [1.82, 2.24) is 15.2 Å². The van der Waals surface area contributed by atoms with Crippen molar-refractivity contribution in [3.8, 4) is 0 Å². The van der Waals surface area contributed by atoms with Crippen LogP contribution in [0.5, 0.6) is 0 Å². The number of oxazole rings is 1. The summed E-state index contributed by atoms with van der Waals surface area (Å²) in [6, 6.07) is 0. The Morgan fingerprint density at radius 2 is 1.86 bits per heavy atom. The Balaban J connectivity index is 2.13. The fourth-order valence-electron chi connectivity index (χ4n) is 3.29. The molecule has 22 heavy (non-hydrogen) atoms. The number of nitrogens with one attached hydrogen (secondary N) is 1. The van der Waals surface area contributed by atoms with Gasteiger partial charge >= 0.3 is 0 Å². The number of amides is 1. The third-order valence-corrected chi connectivity index (χ3v) is 4.82. The first-order valence-corrected chi connectivity index (χ1v) is 8.49. The average molecular weight is 307 g/mol. The molecule has 1 amide bonds. The van der Waals surface area contributed by atoms with Gasteiger partial charge in [0.05, 0.1) is 17.8 Å². The summed E-state index contributed by atoms with van der Waals surface area (Å²) in [6.07, 6.45) is 5.22. The molecule has 5 heteroatoms. The molecule has 0 spiro atoms. The van der Waals surface area contributed by atoms with Crippen LogP contribution in [0, 0.1) is 13.8 Å². The van der Waals surface area contributed by atoms with Crippen molar-refractivity contribution < 1.29 is 9.21 Å². The molecule has 0 aromatic carbocycles. The van der Waals surface area contributed by atoms with E-state index in [1.165, 1.54) is 6.42 Å². The predicted octanol–water partition coefficient (Wildman–Crippen LogP) is 2.95. The monoisotopic (exact) mass is 307 g/mol. The molecule has 124 valence electrons. The van der Waals surface area contributed by atoms with Crippen LogP contribution >= 0.6 is 0 Å². The minimum absolute atomic E-state index is 0.234. The Kier molecular flexibility index (Phi) is 5.62. The summed E-state index contributed by atoms with van der Waals surface area (Å²) >= 11 is 0. The molecule has 1 aromatic rings. The molecule has 5 nitrogen and oxygen atoms in total. The molecule has 1 N–H and O–H groups in total. The summed E-state index contributed by atoms with van der Waals surface area (Å²) in [4.78, 5) is 19.3. The summed E-state index contributed by atoms with van der Waals surface area (Å²) in [6.45, 7) is 9.98. The lowest BCUT2D eigenvalue weighted by atomic mass is 9.80. The van der Waals surface area contributed by atoms with Crippen molar-refractivity contribution in [2.24, 2.45) is 0 Å². The highest BCUT2D eigenvalue weighted by Crippen LogP contribution is 2.30. The van der Waals surface area contributed by atoms with Crippen LogP contribution in [0.15, 0.2) is 4.42 Å². The maximum atomic E-state index is 13.0. The number of nitrogens with zero attached hydrogens (tertiary/aromatic N) is 2. The van der Waals surface area contributed by atoms with Crippen molar-refractivity contribution in [2.45, 2.75) is 71.9 Å². The van der Waals surface area contributed by atoms with Crippen molar-refractivity contribution >= 4 is 5.91 Å². The molecule has 0 bridgehead atoms. The van der Waals surface area contributed by atoms with Gasteiger partial charge in [0.1, 0.15) is 5.76 Å². The van der Waals surface area contributed by atoms with Crippen molar-refractivity contribution in [3.63, 3.8) is 0 Å². The number of hydrogen-bond acceptors (Lipinski definition) is 4. The second-order valence-corrected chi connectivity index (χ2v) is 6.22. The van der Waals surface area contributed by atoms with Gasteiger partial charge in [0.2, 0.25) is 11.8 Å². The number of aromatic nitrogens is 1. The Bertz CT molecular complexity index is 481. The van der Waals surface area contributed by atoms with Crippen LogP contribution in [0.1, 0.15) is 63.3 Å². The minimum Gasteiger partial charge on any atom is -0.444 e. The van der Waals surface area contributed by atoms with Gasteiger partial charge < -0.3 is 9.32 Å². The van der Waals surface area contributed by atoms with Crippen LogP contribution < -0.4 is 5.32 Å². The first kappa shape index (κ1) is 17.0. The van der Waals surface area contributed by atoms with Gasteiger partial charge in [-0.3, -0.25) is 10.1 Å². The van der Waals surface area contributed by atoms with Crippen molar-refractivity contribution in [2.75, 3.05) is 13.1 Å². The zero-order valence-corrected chi connectivity index (χ0v) is 14.4. The second-order valence-electron chi connectivity index (χ2n) is 6.22. The quantitative estimate of drug-likeness (QED) is 0.878. The van der Waals surface area contributed by atoms with E-state index in [9.17, 15) is 4.79 Å². The standard InChI is InChI=1S/C17H29N3O2/c1-5-20(6-2)16(21)17(10-8-7-9-11-17)18-12-15-19-13(3)14(4)22-15/h18H,5-12H2,1-4H3. The van der Waals surface area contributed by atoms with Crippen molar-refractivity contribution in [3.05, 3.63) is 17.3 Å². The number of rotatable bonds is 6. The van der Waals surface area contributed by atoms with E-state index in [2.05, 4.69) is 10.3 Å². The smallest absolute Gasteiger partial charge is 0.242 e. The number of likely N-dealkylation sites (N-methyl/N-ethyl adjacent to an activating group) is 1. The molecule has 1 fully saturated rings. The normalized spacial score (nSPS) is 17.5. The van der Waals surface area contributed by atoms with E-state index in [0.29, 0.717) is 12.4 Å². The number of aryl methyl sites for hydroxylation is 2. The first-order chi connectivity index (χ1) is 10.5. The summed E-state index contributed by atoms with van der Waals surface area (Å²) in [5.74, 6) is 1.76. The molecule has 2 rings (SSSR count). The molecule has 1 aliphatic rings. The van der Waals surface area contributed by atoms with Crippen LogP contribution in [0.4, 0.5) is 0 Å². The Morgan fingerprint density at radius 1 is 1.23 bits per heavy atom. The fourth-order valence-corrected chi connectivity index (χ4v) is 3.29. The molecule has 0 aliphatic heterocycles. The SMILES string of the molecule is CCN(CC)C(=O)C1(NCc2nc(C)c(C)o2)CCCCC1. The largest absolute Gasteiger partial charge is 0.444 e. The lowest BCUT2D eigenvalue weighted by molar-refractivity contribution is -0.139. The van der Waals surface area contributed by atoms with E-state index in [0.717, 1.165) is 50.2 Å². The average Bonchev–Trinajstić information content (AvgIpc) is 2.86. The highest BCUT2D eigenvalue weighted by Gasteiger charge is 2.41. The van der Waals surface area contributed by atoms with Gasteiger partial charge in [-0.1, -0.05) is 19.3 Å². The molecule has 1 aromatic heterocycles. The van der Waals surface area contributed by atoms with Crippen LogP contribution in [0.3, 0.4) is 0 Å². The molecular weight excluding hydrogens is 278 g/mol. The fraction of sp³-hybridized carbons (Fsp3) is 0.765. The van der Waals surface area contributed by atoms with Gasteiger partial charge in [0.15, 0.2) is 0 Å². The minimum atomic E-state index is -0.444.